The Kier molecular flexibility index (Phi) is 7.44. The van der Waals surface area contributed by atoms with E-state index >= 15 is 0 Å². The minimum absolute atomic E-state index is 0.0607. The number of amides is 1. The predicted molar refractivity (Wildman–Crippen MR) is 152 cm³/mol. The normalized spacial score (nSPS) is 20.2. The summed E-state index contributed by atoms with van der Waals surface area (Å²) in [4.78, 5) is 15.2. The van der Waals surface area contributed by atoms with Gasteiger partial charge in [-0.3, -0.25) is 9.69 Å². The van der Waals surface area contributed by atoms with Crippen molar-refractivity contribution in [3.05, 3.63) is 70.2 Å². The average molecular weight is 574 g/mol. The monoisotopic (exact) mass is 573 g/mol. The number of carbonyl (C=O) groups excluding carboxylic acids is 1. The molecule has 3 aromatic rings. The molecule has 192 valence electrons. The fourth-order valence-electron chi connectivity index (χ4n) is 4.32. The molecule has 0 aliphatic carbocycles. The van der Waals surface area contributed by atoms with Crippen molar-refractivity contribution < 1.29 is 17.9 Å². The van der Waals surface area contributed by atoms with E-state index in [9.17, 15) is 13.2 Å². The molecule has 2 saturated heterocycles. The molecule has 3 heterocycles. The van der Waals surface area contributed by atoms with Crippen molar-refractivity contribution >= 4 is 61.7 Å². The molecule has 1 aromatic heterocycles. The third-order valence-corrected chi connectivity index (χ3v) is 9.49. The molecule has 2 aliphatic heterocycles. The first kappa shape index (κ1) is 26.0. The van der Waals surface area contributed by atoms with E-state index in [2.05, 4.69) is 0 Å². The molecule has 11 heteroatoms. The lowest BCUT2D eigenvalue weighted by atomic mass is 10.1. The number of benzene rings is 2. The number of thioether (sulfide) groups is 1. The van der Waals surface area contributed by atoms with Gasteiger partial charge in [-0.1, -0.05) is 60.7 Å². The minimum atomic E-state index is -3.16. The summed E-state index contributed by atoms with van der Waals surface area (Å²) in [7, 11) is -3.16. The number of ether oxygens (including phenoxy) is 1. The summed E-state index contributed by atoms with van der Waals surface area (Å²) in [5, 5.41) is 5.28. The predicted octanol–water partition coefficient (Wildman–Crippen LogP) is 5.37. The van der Waals surface area contributed by atoms with Gasteiger partial charge in [-0.05, 0) is 49.2 Å². The molecule has 2 aliphatic rings. The van der Waals surface area contributed by atoms with Crippen molar-refractivity contribution in [2.45, 2.75) is 25.8 Å². The van der Waals surface area contributed by atoms with Gasteiger partial charge in [-0.2, -0.15) is 5.10 Å². The smallest absolute Gasteiger partial charge is 0.266 e. The summed E-state index contributed by atoms with van der Waals surface area (Å²) >= 11 is 13.2. The quantitative estimate of drug-likeness (QED) is 0.278. The Morgan fingerprint density at radius 3 is 2.70 bits per heavy atom. The maximum absolute atomic E-state index is 13.3. The van der Waals surface area contributed by atoms with Crippen molar-refractivity contribution in [2.24, 2.45) is 0 Å². The van der Waals surface area contributed by atoms with Crippen LogP contribution in [0.2, 0.25) is 5.02 Å². The zero-order chi connectivity index (χ0) is 26.2. The van der Waals surface area contributed by atoms with Crippen LogP contribution in [0.15, 0.2) is 59.6 Å². The van der Waals surface area contributed by atoms with Gasteiger partial charge in [-0.25, -0.2) is 13.1 Å². The Morgan fingerprint density at radius 1 is 1.24 bits per heavy atom. The number of hydrogen-bond donors (Lipinski definition) is 0. The van der Waals surface area contributed by atoms with E-state index in [0.717, 1.165) is 17.7 Å². The fourth-order valence-corrected chi connectivity index (χ4v) is 7.65. The molecular weight excluding hydrogens is 550 g/mol. The van der Waals surface area contributed by atoms with Gasteiger partial charge in [0.25, 0.3) is 5.91 Å². The lowest BCUT2D eigenvalue weighted by molar-refractivity contribution is -0.123. The van der Waals surface area contributed by atoms with E-state index in [1.807, 2.05) is 55.6 Å². The van der Waals surface area contributed by atoms with E-state index in [4.69, 9.17) is 33.7 Å². The zero-order valence-corrected chi connectivity index (χ0v) is 23.2. The zero-order valence-electron chi connectivity index (χ0n) is 20.0. The lowest BCUT2D eigenvalue weighted by Crippen LogP contribution is -2.39. The second-order valence-corrected chi connectivity index (χ2v) is 13.1. The Hall–Kier alpha value is -2.66. The van der Waals surface area contributed by atoms with Crippen LogP contribution in [0.5, 0.6) is 5.75 Å². The maximum Gasteiger partial charge on any atom is 0.266 e. The summed E-state index contributed by atoms with van der Waals surface area (Å²) in [6.07, 6.45) is 4.88. The van der Waals surface area contributed by atoms with Gasteiger partial charge in [0.2, 0.25) is 0 Å². The van der Waals surface area contributed by atoms with E-state index in [1.54, 1.807) is 16.8 Å². The molecule has 1 atom stereocenters. The number of nitrogens with zero attached hydrogens (tertiary/aromatic N) is 3. The maximum atomic E-state index is 13.3. The van der Waals surface area contributed by atoms with Gasteiger partial charge in [-0.15, -0.1) is 0 Å². The number of para-hydroxylation sites is 1. The summed E-state index contributed by atoms with van der Waals surface area (Å²) in [6, 6.07) is 14.7. The topological polar surface area (TPSA) is 81.5 Å². The Balaban J connectivity index is 1.53. The second-order valence-electron chi connectivity index (χ2n) is 8.82. The van der Waals surface area contributed by atoms with Gasteiger partial charge in [0.05, 0.1) is 39.8 Å². The van der Waals surface area contributed by atoms with E-state index in [1.165, 1.54) is 16.7 Å². The third kappa shape index (κ3) is 5.47. The Bertz CT molecular complexity index is 1500. The van der Waals surface area contributed by atoms with Crippen LogP contribution in [0.3, 0.4) is 0 Å². The van der Waals surface area contributed by atoms with Crippen molar-refractivity contribution in [3.63, 3.8) is 0 Å². The summed E-state index contributed by atoms with van der Waals surface area (Å²) < 4.78 is 31.8. The van der Waals surface area contributed by atoms with Crippen molar-refractivity contribution in [1.82, 2.24) is 14.7 Å². The first-order chi connectivity index (χ1) is 17.8. The van der Waals surface area contributed by atoms with Crippen LogP contribution >= 0.6 is 35.6 Å². The molecule has 0 saturated carbocycles. The first-order valence-electron chi connectivity index (χ1n) is 11.8. The molecule has 37 heavy (non-hydrogen) atoms. The van der Waals surface area contributed by atoms with Gasteiger partial charge in [0.15, 0.2) is 9.84 Å². The minimum Gasteiger partial charge on any atom is -0.492 e. The molecule has 0 bridgehead atoms. The first-order valence-corrected chi connectivity index (χ1v) is 15.2. The average Bonchev–Trinajstić information content (AvgIpc) is 3.54. The summed E-state index contributed by atoms with van der Waals surface area (Å²) in [5.41, 5.74) is 2.98. The van der Waals surface area contributed by atoms with Crippen LogP contribution in [-0.2, 0) is 14.6 Å². The van der Waals surface area contributed by atoms with Crippen LogP contribution in [0.1, 0.15) is 25.3 Å². The Labute approximate surface area is 230 Å². The molecule has 0 radical (unpaired) electrons. The number of carbonyl (C=O) groups is 1. The second kappa shape index (κ2) is 10.6. The molecule has 7 nitrogen and oxygen atoms in total. The number of halogens is 1. The molecule has 0 spiro atoms. The van der Waals surface area contributed by atoms with Crippen LogP contribution in [0.25, 0.3) is 23.0 Å². The number of sulfone groups is 1. The molecule has 0 N–H and O–H groups in total. The molecular formula is C26H24ClN3O4S3. The fraction of sp³-hybridized carbons (Fsp3) is 0.269. The van der Waals surface area contributed by atoms with Gasteiger partial charge in [0.1, 0.15) is 15.8 Å². The van der Waals surface area contributed by atoms with Gasteiger partial charge in [0, 0.05) is 17.3 Å². The number of rotatable bonds is 7. The highest BCUT2D eigenvalue weighted by Crippen LogP contribution is 2.38. The van der Waals surface area contributed by atoms with Crippen LogP contribution < -0.4 is 4.74 Å². The molecule has 5 rings (SSSR count). The van der Waals surface area contributed by atoms with Gasteiger partial charge >= 0.3 is 0 Å². The van der Waals surface area contributed by atoms with E-state index < -0.39 is 15.9 Å². The standard InChI is InChI=1S/C26H24ClN3O4S3/c1-2-11-34-22-9-8-17(13-21(22)27)24-18(15-29(28-24)19-6-4-3-5-7-19)14-23-25(31)30(26(35)36-23)20-10-12-37(32,33)16-20/h3-9,13-15,20H,2,10-12,16H2,1H3/b23-14-/t20-/m0/s1. The van der Waals surface area contributed by atoms with Crippen LogP contribution in [0.4, 0.5) is 0 Å². The SMILES string of the molecule is CCCOc1ccc(-c2nn(-c3ccccc3)cc2/C=C2\SC(=S)N([C@H]3CCS(=O)(=O)C3)C2=O)cc1Cl. The van der Waals surface area contributed by atoms with Gasteiger partial charge < -0.3 is 4.74 Å². The van der Waals surface area contributed by atoms with E-state index in [0.29, 0.717) is 44.3 Å². The highest BCUT2D eigenvalue weighted by molar-refractivity contribution is 8.26. The highest BCUT2D eigenvalue weighted by atomic mass is 35.5. The van der Waals surface area contributed by atoms with E-state index in [-0.39, 0.29) is 17.4 Å². The molecule has 2 aromatic carbocycles. The number of hydrogen-bond acceptors (Lipinski definition) is 7. The Morgan fingerprint density at radius 2 is 2.03 bits per heavy atom. The van der Waals surface area contributed by atoms with Crippen LogP contribution in [-0.4, -0.2) is 57.5 Å². The third-order valence-electron chi connectivity index (χ3n) is 6.11. The largest absolute Gasteiger partial charge is 0.492 e. The van der Waals surface area contributed by atoms with Crippen molar-refractivity contribution in [1.29, 1.82) is 0 Å². The van der Waals surface area contributed by atoms with Crippen molar-refractivity contribution in [2.75, 3.05) is 18.1 Å². The highest BCUT2D eigenvalue weighted by Gasteiger charge is 2.42. The summed E-state index contributed by atoms with van der Waals surface area (Å²) in [6.45, 7) is 2.59. The summed E-state index contributed by atoms with van der Waals surface area (Å²) in [5.74, 6) is 0.329. The van der Waals surface area contributed by atoms with Crippen molar-refractivity contribution in [3.8, 4) is 22.7 Å². The number of aromatic nitrogens is 2. The number of thiocarbonyl (C=S) groups is 1. The molecule has 0 unspecified atom stereocenters. The van der Waals surface area contributed by atoms with Crippen LogP contribution in [0, 0.1) is 0 Å². The molecule has 2 fully saturated rings. The lowest BCUT2D eigenvalue weighted by Gasteiger charge is -2.20. The molecule has 1 amide bonds.